The lowest BCUT2D eigenvalue weighted by Gasteiger charge is -2.15. The highest BCUT2D eigenvalue weighted by molar-refractivity contribution is 6.32. The zero-order valence-electron chi connectivity index (χ0n) is 11.9. The molecule has 2 aromatic rings. The molecule has 106 valence electrons. The Bertz CT molecular complexity index is 651. The van der Waals surface area contributed by atoms with Crippen LogP contribution in [0.3, 0.4) is 0 Å². The van der Waals surface area contributed by atoms with Crippen LogP contribution in [0, 0.1) is 13.8 Å². The maximum atomic E-state index is 6.15. The molecule has 0 amide bonds. The molecule has 0 spiro atoms. The molecule has 0 bridgehead atoms. The molecule has 0 aliphatic heterocycles. The van der Waals surface area contributed by atoms with E-state index in [0.29, 0.717) is 15.8 Å². The molecule has 2 aromatic carbocycles. The quantitative estimate of drug-likeness (QED) is 0.766. The third-order valence-corrected chi connectivity index (χ3v) is 3.97. The van der Waals surface area contributed by atoms with Crippen LogP contribution in [0.1, 0.15) is 11.1 Å². The fourth-order valence-corrected chi connectivity index (χ4v) is 2.59. The molecule has 0 unspecified atom stereocenters. The fraction of sp³-hybridized carbons (Fsp3) is 0.250. The van der Waals surface area contributed by atoms with Gasteiger partial charge in [-0.15, -0.1) is 0 Å². The summed E-state index contributed by atoms with van der Waals surface area (Å²) in [4.78, 5) is 0. The number of benzene rings is 2. The summed E-state index contributed by atoms with van der Waals surface area (Å²) in [6.45, 7) is 3.97. The molecule has 20 heavy (non-hydrogen) atoms. The highest BCUT2D eigenvalue weighted by atomic mass is 35.5. The summed E-state index contributed by atoms with van der Waals surface area (Å²) in [5, 5.41) is 1.28. The van der Waals surface area contributed by atoms with Crippen molar-refractivity contribution in [3.63, 3.8) is 0 Å². The maximum Gasteiger partial charge on any atom is 0.138 e. The van der Waals surface area contributed by atoms with E-state index < -0.39 is 0 Å². The van der Waals surface area contributed by atoms with Crippen LogP contribution >= 0.6 is 23.2 Å². The third kappa shape index (κ3) is 2.72. The smallest absolute Gasteiger partial charge is 0.138 e. The second-order valence-electron chi connectivity index (χ2n) is 4.60. The zero-order chi connectivity index (χ0) is 14.9. The SMILES string of the molecule is COc1cc(-c2cc(C)c(Cl)cc2OC)c(C)cc1Cl. The van der Waals surface area contributed by atoms with Crippen LogP contribution < -0.4 is 9.47 Å². The Hall–Kier alpha value is -1.38. The first-order valence-electron chi connectivity index (χ1n) is 6.16. The van der Waals surface area contributed by atoms with Gasteiger partial charge in [-0.2, -0.15) is 0 Å². The van der Waals surface area contributed by atoms with E-state index >= 15 is 0 Å². The van der Waals surface area contributed by atoms with Crippen molar-refractivity contribution in [1.29, 1.82) is 0 Å². The number of methoxy groups -OCH3 is 2. The molecule has 0 atom stereocenters. The summed E-state index contributed by atoms with van der Waals surface area (Å²) in [5.74, 6) is 1.37. The number of hydrogen-bond donors (Lipinski definition) is 0. The first kappa shape index (κ1) is 15.0. The van der Waals surface area contributed by atoms with E-state index in [1.54, 1.807) is 14.2 Å². The summed E-state index contributed by atoms with van der Waals surface area (Å²) < 4.78 is 10.7. The van der Waals surface area contributed by atoms with Gasteiger partial charge in [-0.05, 0) is 54.8 Å². The Labute approximate surface area is 129 Å². The van der Waals surface area contributed by atoms with Crippen molar-refractivity contribution >= 4 is 23.2 Å². The van der Waals surface area contributed by atoms with E-state index in [-0.39, 0.29) is 0 Å². The average Bonchev–Trinajstić information content (AvgIpc) is 2.42. The molecule has 0 aromatic heterocycles. The highest BCUT2D eigenvalue weighted by Gasteiger charge is 2.14. The number of hydrogen-bond acceptors (Lipinski definition) is 2. The maximum absolute atomic E-state index is 6.15. The number of rotatable bonds is 3. The second kappa shape index (κ2) is 5.94. The highest BCUT2D eigenvalue weighted by Crippen LogP contribution is 2.39. The van der Waals surface area contributed by atoms with Crippen molar-refractivity contribution in [2.24, 2.45) is 0 Å². The number of halogens is 2. The van der Waals surface area contributed by atoms with Gasteiger partial charge in [-0.1, -0.05) is 23.2 Å². The van der Waals surface area contributed by atoms with Gasteiger partial charge in [0, 0.05) is 10.6 Å². The molecule has 0 aliphatic carbocycles. The van der Waals surface area contributed by atoms with E-state index in [4.69, 9.17) is 32.7 Å². The van der Waals surface area contributed by atoms with Gasteiger partial charge in [-0.25, -0.2) is 0 Å². The van der Waals surface area contributed by atoms with Crippen LogP contribution in [0.15, 0.2) is 24.3 Å². The monoisotopic (exact) mass is 310 g/mol. The van der Waals surface area contributed by atoms with Crippen LogP contribution in [0.25, 0.3) is 11.1 Å². The molecule has 0 N–H and O–H groups in total. The number of ether oxygens (including phenoxy) is 2. The average molecular weight is 311 g/mol. The Morgan fingerprint density at radius 2 is 1.35 bits per heavy atom. The van der Waals surface area contributed by atoms with Crippen LogP contribution in [-0.2, 0) is 0 Å². The molecule has 2 rings (SSSR count). The van der Waals surface area contributed by atoms with Gasteiger partial charge < -0.3 is 9.47 Å². The fourth-order valence-electron chi connectivity index (χ4n) is 2.14. The van der Waals surface area contributed by atoms with E-state index in [0.717, 1.165) is 28.0 Å². The van der Waals surface area contributed by atoms with Crippen LogP contribution in [0.2, 0.25) is 10.0 Å². The lowest BCUT2D eigenvalue weighted by Crippen LogP contribution is -1.94. The van der Waals surface area contributed by atoms with Gasteiger partial charge in [0.1, 0.15) is 11.5 Å². The predicted molar refractivity (Wildman–Crippen MR) is 84.5 cm³/mol. The molecular formula is C16H16Cl2O2. The van der Waals surface area contributed by atoms with Crippen molar-refractivity contribution in [2.45, 2.75) is 13.8 Å². The summed E-state index contributed by atoms with van der Waals surface area (Å²) in [5.41, 5.74) is 4.04. The zero-order valence-corrected chi connectivity index (χ0v) is 13.4. The first-order chi connectivity index (χ1) is 9.47. The standard InChI is InChI=1S/C16H16Cl2O2/c1-9-6-14(18)16(20-4)7-11(9)12-5-10(2)13(17)8-15(12)19-3/h5-8H,1-4H3. The van der Waals surface area contributed by atoms with Gasteiger partial charge >= 0.3 is 0 Å². The molecular weight excluding hydrogens is 295 g/mol. The van der Waals surface area contributed by atoms with Crippen molar-refractivity contribution in [2.75, 3.05) is 14.2 Å². The predicted octanol–water partition coefficient (Wildman–Crippen LogP) is 5.29. The summed E-state index contributed by atoms with van der Waals surface area (Å²) in [7, 11) is 3.23. The van der Waals surface area contributed by atoms with E-state index in [1.165, 1.54) is 0 Å². The Kier molecular flexibility index (Phi) is 4.46. The Morgan fingerprint density at radius 3 is 1.95 bits per heavy atom. The van der Waals surface area contributed by atoms with Crippen molar-refractivity contribution in [3.05, 3.63) is 45.4 Å². The summed E-state index contributed by atoms with van der Waals surface area (Å²) in [6, 6.07) is 7.64. The molecule has 4 heteroatoms. The van der Waals surface area contributed by atoms with Crippen molar-refractivity contribution < 1.29 is 9.47 Å². The van der Waals surface area contributed by atoms with E-state index in [2.05, 4.69) is 0 Å². The van der Waals surface area contributed by atoms with Crippen molar-refractivity contribution in [3.8, 4) is 22.6 Å². The first-order valence-corrected chi connectivity index (χ1v) is 6.92. The molecule has 0 fully saturated rings. The van der Waals surface area contributed by atoms with E-state index in [9.17, 15) is 0 Å². The minimum absolute atomic E-state index is 0.596. The molecule has 0 radical (unpaired) electrons. The third-order valence-electron chi connectivity index (χ3n) is 3.27. The van der Waals surface area contributed by atoms with Crippen molar-refractivity contribution in [1.82, 2.24) is 0 Å². The molecule has 0 saturated heterocycles. The second-order valence-corrected chi connectivity index (χ2v) is 5.42. The topological polar surface area (TPSA) is 18.5 Å². The van der Waals surface area contributed by atoms with Crippen LogP contribution in [0.4, 0.5) is 0 Å². The van der Waals surface area contributed by atoms with E-state index in [1.807, 2.05) is 38.1 Å². The minimum Gasteiger partial charge on any atom is -0.496 e. The molecule has 2 nitrogen and oxygen atoms in total. The normalized spacial score (nSPS) is 10.5. The summed E-state index contributed by atoms with van der Waals surface area (Å²) >= 11 is 12.3. The van der Waals surface area contributed by atoms with Gasteiger partial charge in [0.05, 0.1) is 19.2 Å². The summed E-state index contributed by atoms with van der Waals surface area (Å²) in [6.07, 6.45) is 0. The molecule has 0 aliphatic rings. The van der Waals surface area contributed by atoms with Gasteiger partial charge in [0.25, 0.3) is 0 Å². The lowest BCUT2D eigenvalue weighted by atomic mass is 9.97. The Morgan fingerprint density at radius 1 is 0.700 bits per heavy atom. The molecule has 0 heterocycles. The Balaban J connectivity index is 2.70. The lowest BCUT2D eigenvalue weighted by molar-refractivity contribution is 0.413. The number of aryl methyl sites for hydroxylation is 2. The minimum atomic E-state index is 0.596. The molecule has 0 saturated carbocycles. The van der Waals surface area contributed by atoms with Gasteiger partial charge in [0.15, 0.2) is 0 Å². The van der Waals surface area contributed by atoms with Crippen LogP contribution in [0.5, 0.6) is 11.5 Å². The van der Waals surface area contributed by atoms with Gasteiger partial charge in [-0.3, -0.25) is 0 Å². The van der Waals surface area contributed by atoms with Crippen LogP contribution in [-0.4, -0.2) is 14.2 Å². The van der Waals surface area contributed by atoms with Gasteiger partial charge in [0.2, 0.25) is 0 Å². The largest absolute Gasteiger partial charge is 0.496 e.